The summed E-state index contributed by atoms with van der Waals surface area (Å²) < 4.78 is 0. The highest BCUT2D eigenvalue weighted by molar-refractivity contribution is 5.83. The van der Waals surface area contributed by atoms with Crippen molar-refractivity contribution in [3.63, 3.8) is 0 Å². The van der Waals surface area contributed by atoms with Crippen molar-refractivity contribution < 1.29 is 0 Å². The second-order valence-electron chi connectivity index (χ2n) is 4.15. The van der Waals surface area contributed by atoms with E-state index in [4.69, 9.17) is 5.73 Å². The van der Waals surface area contributed by atoms with Gasteiger partial charge in [-0.2, -0.15) is 0 Å². The molecule has 0 saturated carbocycles. The van der Waals surface area contributed by atoms with Crippen LogP contribution in [-0.2, 0) is 6.42 Å². The van der Waals surface area contributed by atoms with E-state index in [1.807, 2.05) is 0 Å². The fraction of sp³-hybridized carbons (Fsp3) is 0.286. The highest BCUT2D eigenvalue weighted by Crippen LogP contribution is 2.20. The molecule has 0 spiro atoms. The van der Waals surface area contributed by atoms with Gasteiger partial charge in [0.05, 0.1) is 0 Å². The van der Waals surface area contributed by atoms with Crippen LogP contribution in [0.5, 0.6) is 0 Å². The maximum Gasteiger partial charge on any atom is 0.0456 e. The molecular formula is C14H18N2. The lowest BCUT2D eigenvalue weighted by atomic mass is 10.0. The number of hydrogen-bond donors (Lipinski definition) is 2. The van der Waals surface area contributed by atoms with Gasteiger partial charge >= 0.3 is 0 Å². The van der Waals surface area contributed by atoms with E-state index >= 15 is 0 Å². The van der Waals surface area contributed by atoms with E-state index in [2.05, 4.69) is 42.0 Å². The van der Waals surface area contributed by atoms with E-state index in [1.165, 1.54) is 22.0 Å². The molecule has 0 unspecified atom stereocenters. The van der Waals surface area contributed by atoms with Crippen LogP contribution in [0.25, 0.3) is 10.9 Å². The van der Waals surface area contributed by atoms with E-state index in [0.29, 0.717) is 6.54 Å². The monoisotopic (exact) mass is 214 g/mol. The summed E-state index contributed by atoms with van der Waals surface area (Å²) in [6.45, 7) is 4.73. The largest absolute Gasteiger partial charge is 0.361 e. The number of fused-ring (bicyclic) bond motifs is 1. The normalized spacial score (nSPS) is 10.8. The Labute approximate surface area is 96.2 Å². The van der Waals surface area contributed by atoms with Crippen LogP contribution in [0.4, 0.5) is 0 Å². The predicted molar refractivity (Wildman–Crippen MR) is 69.4 cm³/mol. The average molecular weight is 214 g/mol. The molecular weight excluding hydrogens is 196 g/mol. The zero-order valence-corrected chi connectivity index (χ0v) is 9.50. The Morgan fingerprint density at radius 3 is 2.88 bits per heavy atom. The number of aryl methyl sites for hydroxylation is 1. The topological polar surface area (TPSA) is 41.8 Å². The molecule has 0 aliphatic heterocycles. The van der Waals surface area contributed by atoms with Crippen molar-refractivity contribution in [3.8, 4) is 0 Å². The molecule has 0 aliphatic rings. The number of aromatic amines is 1. The molecule has 1 aromatic heterocycles. The minimum absolute atomic E-state index is 0.701. The van der Waals surface area contributed by atoms with Crippen molar-refractivity contribution in [2.75, 3.05) is 6.54 Å². The summed E-state index contributed by atoms with van der Waals surface area (Å²) in [5.41, 5.74) is 9.32. The summed E-state index contributed by atoms with van der Waals surface area (Å²) in [6, 6.07) is 8.39. The summed E-state index contributed by atoms with van der Waals surface area (Å²) in [6.07, 6.45) is 5.10. The minimum atomic E-state index is 0.701. The lowest BCUT2D eigenvalue weighted by molar-refractivity contribution is 0.850. The molecule has 2 rings (SSSR count). The quantitative estimate of drug-likeness (QED) is 0.738. The summed E-state index contributed by atoms with van der Waals surface area (Å²) in [5, 5.41) is 1.32. The molecule has 2 heteroatoms. The van der Waals surface area contributed by atoms with Gasteiger partial charge in [-0.05, 0) is 37.4 Å². The van der Waals surface area contributed by atoms with Gasteiger partial charge in [0.15, 0.2) is 0 Å². The lowest BCUT2D eigenvalue weighted by Crippen LogP contribution is -2.00. The average Bonchev–Trinajstić information content (AvgIpc) is 2.70. The van der Waals surface area contributed by atoms with Gasteiger partial charge in [-0.25, -0.2) is 0 Å². The molecule has 1 aromatic carbocycles. The van der Waals surface area contributed by atoms with Gasteiger partial charge in [0.25, 0.3) is 0 Å². The Kier molecular flexibility index (Phi) is 3.42. The van der Waals surface area contributed by atoms with Crippen molar-refractivity contribution in [1.29, 1.82) is 0 Å². The first-order chi connectivity index (χ1) is 7.81. The second-order valence-corrected chi connectivity index (χ2v) is 4.15. The van der Waals surface area contributed by atoms with Crippen LogP contribution in [0.1, 0.15) is 18.4 Å². The summed E-state index contributed by atoms with van der Waals surface area (Å²) >= 11 is 0. The Hall–Kier alpha value is -1.54. The van der Waals surface area contributed by atoms with Gasteiger partial charge in [0.1, 0.15) is 0 Å². The van der Waals surface area contributed by atoms with E-state index in [1.54, 1.807) is 0 Å². The van der Waals surface area contributed by atoms with Crippen LogP contribution in [0.2, 0.25) is 0 Å². The number of benzene rings is 1. The van der Waals surface area contributed by atoms with Crippen molar-refractivity contribution >= 4 is 10.9 Å². The number of hydrogen-bond acceptors (Lipinski definition) is 1. The smallest absolute Gasteiger partial charge is 0.0456 e. The number of para-hydroxylation sites is 1. The van der Waals surface area contributed by atoms with Crippen LogP contribution >= 0.6 is 0 Å². The molecule has 16 heavy (non-hydrogen) atoms. The van der Waals surface area contributed by atoms with Gasteiger partial charge < -0.3 is 10.7 Å². The second kappa shape index (κ2) is 4.99. The molecule has 84 valence electrons. The molecule has 0 bridgehead atoms. The van der Waals surface area contributed by atoms with Crippen LogP contribution in [-0.4, -0.2) is 11.5 Å². The zero-order chi connectivity index (χ0) is 11.4. The number of H-pyrrole nitrogens is 1. The van der Waals surface area contributed by atoms with E-state index in [0.717, 1.165) is 19.3 Å². The lowest BCUT2D eigenvalue weighted by Gasteiger charge is -2.03. The van der Waals surface area contributed by atoms with E-state index < -0.39 is 0 Å². The minimum Gasteiger partial charge on any atom is -0.361 e. The third-order valence-corrected chi connectivity index (χ3v) is 2.92. The highest BCUT2D eigenvalue weighted by atomic mass is 14.7. The molecule has 0 amide bonds. The zero-order valence-electron chi connectivity index (χ0n) is 9.50. The van der Waals surface area contributed by atoms with Gasteiger partial charge in [0, 0.05) is 17.1 Å². The van der Waals surface area contributed by atoms with E-state index in [-0.39, 0.29) is 0 Å². The SMILES string of the molecule is C=C(CCN)CCc1c[nH]c2ccccc12. The highest BCUT2D eigenvalue weighted by Gasteiger charge is 2.03. The standard InChI is InChI=1S/C14H18N2/c1-11(8-9-15)6-7-12-10-16-14-5-3-2-4-13(12)14/h2-5,10,16H,1,6-9,15H2. The summed E-state index contributed by atoms with van der Waals surface area (Å²) in [5.74, 6) is 0. The van der Waals surface area contributed by atoms with Crippen molar-refractivity contribution in [2.45, 2.75) is 19.3 Å². The van der Waals surface area contributed by atoms with Gasteiger partial charge in [0.2, 0.25) is 0 Å². The Balaban J connectivity index is 2.07. The number of nitrogens with two attached hydrogens (primary N) is 1. The maximum atomic E-state index is 5.50. The molecule has 0 aliphatic carbocycles. The van der Waals surface area contributed by atoms with Crippen molar-refractivity contribution in [1.82, 2.24) is 4.98 Å². The molecule has 0 atom stereocenters. The molecule has 1 heterocycles. The first-order valence-electron chi connectivity index (χ1n) is 5.73. The van der Waals surface area contributed by atoms with Crippen molar-refractivity contribution in [2.24, 2.45) is 5.73 Å². The third-order valence-electron chi connectivity index (χ3n) is 2.92. The van der Waals surface area contributed by atoms with Gasteiger partial charge in [-0.15, -0.1) is 0 Å². The van der Waals surface area contributed by atoms with Crippen LogP contribution < -0.4 is 5.73 Å². The third kappa shape index (κ3) is 2.34. The number of aromatic nitrogens is 1. The Bertz CT molecular complexity index is 482. The fourth-order valence-electron chi connectivity index (χ4n) is 1.98. The molecule has 3 N–H and O–H groups in total. The van der Waals surface area contributed by atoms with Gasteiger partial charge in [-0.3, -0.25) is 0 Å². The summed E-state index contributed by atoms with van der Waals surface area (Å²) in [7, 11) is 0. The predicted octanol–water partition coefficient (Wildman–Crippen LogP) is 3.01. The Morgan fingerprint density at radius 1 is 1.25 bits per heavy atom. The first kappa shape index (κ1) is 11.0. The van der Waals surface area contributed by atoms with Crippen LogP contribution in [0, 0.1) is 0 Å². The summed E-state index contributed by atoms with van der Waals surface area (Å²) in [4.78, 5) is 3.29. The van der Waals surface area contributed by atoms with E-state index in [9.17, 15) is 0 Å². The maximum absolute atomic E-state index is 5.50. The fourth-order valence-corrected chi connectivity index (χ4v) is 1.98. The number of rotatable bonds is 5. The molecule has 0 saturated heterocycles. The molecule has 0 fully saturated rings. The van der Waals surface area contributed by atoms with Crippen LogP contribution in [0.3, 0.4) is 0 Å². The Morgan fingerprint density at radius 2 is 2.06 bits per heavy atom. The molecule has 0 radical (unpaired) electrons. The van der Waals surface area contributed by atoms with Gasteiger partial charge in [-0.1, -0.05) is 30.4 Å². The van der Waals surface area contributed by atoms with Crippen molar-refractivity contribution in [3.05, 3.63) is 48.2 Å². The van der Waals surface area contributed by atoms with Crippen LogP contribution in [0.15, 0.2) is 42.6 Å². The first-order valence-corrected chi connectivity index (χ1v) is 5.73. The molecule has 2 nitrogen and oxygen atoms in total. The molecule has 2 aromatic rings. The number of nitrogens with one attached hydrogen (secondary N) is 1.